The third kappa shape index (κ3) is 4.02. The normalized spacial score (nSPS) is 13.6. The maximum atomic E-state index is 11.9. The summed E-state index contributed by atoms with van der Waals surface area (Å²) in [4.78, 5) is 0. The fourth-order valence-corrected chi connectivity index (χ4v) is 1.85. The second-order valence-electron chi connectivity index (χ2n) is 3.38. The van der Waals surface area contributed by atoms with E-state index < -0.39 is 12.8 Å². The van der Waals surface area contributed by atoms with Gasteiger partial charge in [0, 0.05) is 10.5 Å². The summed E-state index contributed by atoms with van der Waals surface area (Å²) < 4.78 is 40.9. The smallest absolute Gasteiger partial charge is 0.422 e. The molecule has 0 heterocycles. The van der Waals surface area contributed by atoms with Gasteiger partial charge in [-0.3, -0.25) is 0 Å². The van der Waals surface area contributed by atoms with Crippen molar-refractivity contribution in [2.75, 3.05) is 6.61 Å². The summed E-state index contributed by atoms with van der Waals surface area (Å²) in [5, 5.41) is 0. The predicted octanol–water partition coefficient (Wildman–Crippen LogP) is 3.41. The van der Waals surface area contributed by atoms with Crippen molar-refractivity contribution >= 4 is 15.9 Å². The Morgan fingerprint density at radius 2 is 2.06 bits per heavy atom. The Morgan fingerprint density at radius 3 is 2.50 bits per heavy atom. The lowest BCUT2D eigenvalue weighted by Gasteiger charge is -2.12. The van der Waals surface area contributed by atoms with Crippen LogP contribution in [0, 0.1) is 0 Å². The average Bonchev–Trinajstić information content (AvgIpc) is 2.13. The van der Waals surface area contributed by atoms with E-state index in [1.807, 2.05) is 0 Å². The Kier molecular flexibility index (Phi) is 4.21. The van der Waals surface area contributed by atoms with Crippen LogP contribution in [0.5, 0.6) is 5.75 Å². The summed E-state index contributed by atoms with van der Waals surface area (Å²) in [5.41, 5.74) is 6.48. The van der Waals surface area contributed by atoms with Crippen LogP contribution in [0.4, 0.5) is 13.2 Å². The number of hydrogen-bond donors (Lipinski definition) is 1. The zero-order valence-corrected chi connectivity index (χ0v) is 10.1. The third-order valence-corrected chi connectivity index (χ3v) is 2.55. The molecule has 0 aromatic heterocycles. The highest BCUT2D eigenvalue weighted by molar-refractivity contribution is 9.10. The summed E-state index contributed by atoms with van der Waals surface area (Å²) in [7, 11) is 0. The van der Waals surface area contributed by atoms with Crippen molar-refractivity contribution in [3.8, 4) is 5.75 Å². The summed E-state index contributed by atoms with van der Waals surface area (Å²) in [5.74, 6) is 0.161. The van der Waals surface area contributed by atoms with Gasteiger partial charge in [-0.1, -0.05) is 22.0 Å². The molecule has 0 saturated carbocycles. The van der Waals surface area contributed by atoms with Crippen molar-refractivity contribution in [2.45, 2.75) is 19.1 Å². The highest BCUT2D eigenvalue weighted by Gasteiger charge is 2.28. The quantitative estimate of drug-likeness (QED) is 0.928. The molecule has 0 spiro atoms. The number of hydrogen-bond acceptors (Lipinski definition) is 2. The summed E-state index contributed by atoms with van der Waals surface area (Å²) in [6.45, 7) is 0.493. The van der Waals surface area contributed by atoms with Crippen LogP contribution in [-0.4, -0.2) is 12.8 Å². The lowest BCUT2D eigenvalue weighted by Crippen LogP contribution is -2.19. The van der Waals surface area contributed by atoms with E-state index in [0.717, 1.165) is 5.56 Å². The molecule has 6 heteroatoms. The fraction of sp³-hybridized carbons (Fsp3) is 0.400. The molecule has 1 aromatic rings. The van der Waals surface area contributed by atoms with Gasteiger partial charge in [-0.15, -0.1) is 0 Å². The highest BCUT2D eigenvalue weighted by Crippen LogP contribution is 2.27. The van der Waals surface area contributed by atoms with Crippen molar-refractivity contribution in [3.63, 3.8) is 0 Å². The Bertz CT molecular complexity index is 366. The summed E-state index contributed by atoms with van der Waals surface area (Å²) in [6.07, 6.45) is -4.33. The van der Waals surface area contributed by atoms with Crippen LogP contribution in [0.25, 0.3) is 0 Å². The molecule has 0 aliphatic rings. The minimum atomic E-state index is -4.33. The second-order valence-corrected chi connectivity index (χ2v) is 4.23. The van der Waals surface area contributed by atoms with Gasteiger partial charge in [-0.2, -0.15) is 13.2 Å². The number of nitrogens with two attached hydrogens (primary N) is 1. The van der Waals surface area contributed by atoms with Crippen LogP contribution >= 0.6 is 15.9 Å². The minimum absolute atomic E-state index is 0.161. The maximum absolute atomic E-state index is 11.9. The van der Waals surface area contributed by atoms with Gasteiger partial charge in [0.25, 0.3) is 0 Å². The first-order valence-corrected chi connectivity index (χ1v) is 5.33. The lowest BCUT2D eigenvalue weighted by atomic mass is 10.1. The largest absolute Gasteiger partial charge is 0.484 e. The van der Waals surface area contributed by atoms with Crippen molar-refractivity contribution in [3.05, 3.63) is 28.2 Å². The van der Waals surface area contributed by atoms with Gasteiger partial charge in [0.15, 0.2) is 6.61 Å². The third-order valence-electron chi connectivity index (χ3n) is 1.86. The monoisotopic (exact) mass is 297 g/mol. The SMILES string of the molecule is C[C@@H](N)c1ccc(OCC(F)(F)F)cc1Br. The summed E-state index contributed by atoms with van der Waals surface area (Å²) in [6, 6.07) is 4.39. The van der Waals surface area contributed by atoms with E-state index in [4.69, 9.17) is 5.73 Å². The predicted molar refractivity (Wildman–Crippen MR) is 58.3 cm³/mol. The fourth-order valence-electron chi connectivity index (χ4n) is 1.13. The second kappa shape index (κ2) is 5.05. The lowest BCUT2D eigenvalue weighted by molar-refractivity contribution is -0.153. The molecule has 0 bridgehead atoms. The molecule has 0 aliphatic carbocycles. The standard InChI is InChI=1S/C10H11BrF3NO/c1-6(15)8-3-2-7(4-9(8)11)16-5-10(12,13)14/h2-4,6H,5,15H2,1H3/t6-/m1/s1. The molecule has 1 atom stereocenters. The molecule has 0 saturated heterocycles. The van der Waals surface area contributed by atoms with Gasteiger partial charge < -0.3 is 10.5 Å². The molecule has 0 aliphatic heterocycles. The van der Waals surface area contributed by atoms with Crippen LogP contribution in [0.15, 0.2) is 22.7 Å². The Morgan fingerprint density at radius 1 is 1.44 bits per heavy atom. The van der Waals surface area contributed by atoms with E-state index in [2.05, 4.69) is 20.7 Å². The van der Waals surface area contributed by atoms with E-state index >= 15 is 0 Å². The van der Waals surface area contributed by atoms with Gasteiger partial charge in [-0.25, -0.2) is 0 Å². The van der Waals surface area contributed by atoms with Gasteiger partial charge in [0.1, 0.15) is 5.75 Å². The molecule has 1 rings (SSSR count). The Hall–Kier alpha value is -0.750. The van der Waals surface area contributed by atoms with Crippen LogP contribution in [0.3, 0.4) is 0 Å². The zero-order valence-electron chi connectivity index (χ0n) is 8.51. The van der Waals surface area contributed by atoms with E-state index in [-0.39, 0.29) is 11.8 Å². The zero-order chi connectivity index (χ0) is 12.3. The van der Waals surface area contributed by atoms with Gasteiger partial charge >= 0.3 is 6.18 Å². The number of halogens is 4. The molecule has 2 nitrogen and oxygen atoms in total. The molecule has 16 heavy (non-hydrogen) atoms. The van der Waals surface area contributed by atoms with Crippen LogP contribution in [-0.2, 0) is 0 Å². The number of ether oxygens (including phenoxy) is 1. The van der Waals surface area contributed by atoms with E-state index in [9.17, 15) is 13.2 Å². The topological polar surface area (TPSA) is 35.2 Å². The van der Waals surface area contributed by atoms with Crippen LogP contribution < -0.4 is 10.5 Å². The van der Waals surface area contributed by atoms with Crippen molar-refractivity contribution in [1.29, 1.82) is 0 Å². The average molecular weight is 298 g/mol. The number of benzene rings is 1. The minimum Gasteiger partial charge on any atom is -0.484 e. The van der Waals surface area contributed by atoms with Gasteiger partial charge in [0.05, 0.1) is 0 Å². The van der Waals surface area contributed by atoms with Crippen molar-refractivity contribution in [1.82, 2.24) is 0 Å². The molecule has 0 amide bonds. The first kappa shape index (κ1) is 13.3. The molecule has 0 radical (unpaired) electrons. The van der Waals surface area contributed by atoms with Crippen molar-refractivity contribution in [2.24, 2.45) is 5.73 Å². The number of rotatable bonds is 3. The molecular weight excluding hydrogens is 287 g/mol. The maximum Gasteiger partial charge on any atom is 0.422 e. The molecule has 0 unspecified atom stereocenters. The van der Waals surface area contributed by atoms with E-state index in [0.29, 0.717) is 4.47 Å². The Balaban J connectivity index is 2.74. The van der Waals surface area contributed by atoms with Crippen molar-refractivity contribution < 1.29 is 17.9 Å². The van der Waals surface area contributed by atoms with Crippen LogP contribution in [0.2, 0.25) is 0 Å². The molecule has 1 aromatic carbocycles. The summed E-state index contributed by atoms with van der Waals surface area (Å²) >= 11 is 3.23. The molecule has 90 valence electrons. The molecule has 2 N–H and O–H groups in total. The molecular formula is C10H11BrF3NO. The highest BCUT2D eigenvalue weighted by atomic mass is 79.9. The number of alkyl halides is 3. The van der Waals surface area contributed by atoms with Crippen LogP contribution in [0.1, 0.15) is 18.5 Å². The first-order valence-electron chi connectivity index (χ1n) is 4.54. The van der Waals surface area contributed by atoms with E-state index in [1.165, 1.54) is 12.1 Å². The molecule has 0 fully saturated rings. The van der Waals surface area contributed by atoms with E-state index in [1.54, 1.807) is 13.0 Å². The first-order chi connectivity index (χ1) is 7.29. The Labute approximate surface area is 99.7 Å². The van der Waals surface area contributed by atoms with Gasteiger partial charge in [-0.05, 0) is 24.6 Å². The van der Waals surface area contributed by atoms with Gasteiger partial charge in [0.2, 0.25) is 0 Å².